The van der Waals surface area contributed by atoms with E-state index in [1.54, 1.807) is 0 Å². The molecule has 1 aliphatic rings. The number of ether oxygens (including phenoxy) is 2. The number of aromatic nitrogens is 2. The Kier molecular flexibility index (Phi) is 5.91. The first kappa shape index (κ1) is 19.7. The molecule has 0 bridgehead atoms. The molecule has 3 aromatic carbocycles. The standard InChI is InChI=1S/C25H26N4O2/c1-2-4-19(5-3-1)18-31-21-7-9-23-25(17-21)28-22-8-6-20(16-24(22)27-23)30-15-14-29-12-10-26-11-13-29/h1-9,16-17,26H,10-15,18H2. The molecular formula is C25H26N4O2. The van der Waals surface area contributed by atoms with Crippen molar-refractivity contribution in [3.63, 3.8) is 0 Å². The average Bonchev–Trinajstić information content (AvgIpc) is 2.83. The molecule has 1 aliphatic heterocycles. The quantitative estimate of drug-likeness (QED) is 0.466. The summed E-state index contributed by atoms with van der Waals surface area (Å²) in [5.41, 5.74) is 4.49. The van der Waals surface area contributed by atoms with Gasteiger partial charge in [0.1, 0.15) is 24.7 Å². The van der Waals surface area contributed by atoms with Gasteiger partial charge in [0.15, 0.2) is 0 Å². The van der Waals surface area contributed by atoms with Crippen molar-refractivity contribution in [1.82, 2.24) is 20.2 Å². The van der Waals surface area contributed by atoms with Gasteiger partial charge in [-0.25, -0.2) is 9.97 Å². The van der Waals surface area contributed by atoms with Crippen LogP contribution in [0.5, 0.6) is 11.5 Å². The van der Waals surface area contributed by atoms with Crippen LogP contribution in [0.15, 0.2) is 66.7 Å². The number of nitrogens with zero attached hydrogens (tertiary/aromatic N) is 3. The van der Waals surface area contributed by atoms with Gasteiger partial charge in [0.05, 0.1) is 22.1 Å². The molecule has 6 heteroatoms. The predicted molar refractivity (Wildman–Crippen MR) is 123 cm³/mol. The van der Waals surface area contributed by atoms with Crippen molar-refractivity contribution in [2.45, 2.75) is 6.61 Å². The average molecular weight is 415 g/mol. The lowest BCUT2D eigenvalue weighted by Gasteiger charge is -2.26. The number of hydrogen-bond donors (Lipinski definition) is 1. The van der Waals surface area contributed by atoms with Crippen molar-refractivity contribution in [3.05, 3.63) is 72.3 Å². The molecule has 158 valence electrons. The maximum atomic E-state index is 5.97. The van der Waals surface area contributed by atoms with Gasteiger partial charge in [-0.3, -0.25) is 4.90 Å². The summed E-state index contributed by atoms with van der Waals surface area (Å²) in [6.45, 7) is 6.41. The highest BCUT2D eigenvalue weighted by Gasteiger charge is 2.10. The summed E-state index contributed by atoms with van der Waals surface area (Å²) < 4.78 is 11.9. The number of piperazine rings is 1. The van der Waals surface area contributed by atoms with Crippen LogP contribution in [0.25, 0.3) is 22.1 Å². The first-order chi connectivity index (χ1) is 15.3. The normalized spacial score (nSPS) is 14.7. The first-order valence-corrected chi connectivity index (χ1v) is 10.8. The molecule has 0 radical (unpaired) electrons. The lowest BCUT2D eigenvalue weighted by atomic mass is 10.2. The third kappa shape index (κ3) is 4.93. The van der Waals surface area contributed by atoms with Crippen LogP contribution in [0.1, 0.15) is 5.56 Å². The molecule has 0 atom stereocenters. The number of nitrogens with one attached hydrogen (secondary N) is 1. The molecule has 1 fully saturated rings. The van der Waals surface area contributed by atoms with E-state index in [1.807, 2.05) is 54.6 Å². The Labute approximate surface area is 181 Å². The van der Waals surface area contributed by atoms with Crippen molar-refractivity contribution >= 4 is 22.1 Å². The molecular weight excluding hydrogens is 388 g/mol. The van der Waals surface area contributed by atoms with E-state index in [4.69, 9.17) is 19.4 Å². The molecule has 0 aliphatic carbocycles. The second-order valence-electron chi connectivity index (χ2n) is 7.74. The van der Waals surface area contributed by atoms with Gasteiger partial charge in [-0.05, 0) is 29.8 Å². The maximum Gasteiger partial charge on any atom is 0.122 e. The SMILES string of the molecule is c1ccc(COc2ccc3nc4cc(OCCN5CCNCC5)ccc4nc3c2)cc1. The molecule has 6 nitrogen and oxygen atoms in total. The molecule has 31 heavy (non-hydrogen) atoms. The Bertz CT molecular complexity index is 1160. The van der Waals surface area contributed by atoms with Crippen molar-refractivity contribution < 1.29 is 9.47 Å². The highest BCUT2D eigenvalue weighted by atomic mass is 16.5. The predicted octanol–water partition coefficient (Wildman–Crippen LogP) is 3.65. The molecule has 0 amide bonds. The summed E-state index contributed by atoms with van der Waals surface area (Å²) in [6.07, 6.45) is 0. The van der Waals surface area contributed by atoms with E-state index in [9.17, 15) is 0 Å². The highest BCUT2D eigenvalue weighted by Crippen LogP contribution is 2.24. The van der Waals surface area contributed by atoms with Gasteiger partial charge in [0, 0.05) is 44.9 Å². The fraction of sp³-hybridized carbons (Fsp3) is 0.280. The van der Waals surface area contributed by atoms with Gasteiger partial charge in [0.2, 0.25) is 0 Å². The number of rotatable bonds is 7. The van der Waals surface area contributed by atoms with Gasteiger partial charge in [-0.1, -0.05) is 30.3 Å². The maximum absolute atomic E-state index is 5.97. The zero-order chi connectivity index (χ0) is 20.9. The smallest absolute Gasteiger partial charge is 0.122 e. The molecule has 0 saturated carbocycles. The Hall–Kier alpha value is -3.22. The second kappa shape index (κ2) is 9.29. The minimum Gasteiger partial charge on any atom is -0.492 e. The van der Waals surface area contributed by atoms with Gasteiger partial charge in [-0.15, -0.1) is 0 Å². The van der Waals surface area contributed by atoms with Gasteiger partial charge in [0.25, 0.3) is 0 Å². The van der Waals surface area contributed by atoms with Crippen molar-refractivity contribution in [2.24, 2.45) is 0 Å². The van der Waals surface area contributed by atoms with Crippen LogP contribution < -0.4 is 14.8 Å². The summed E-state index contributed by atoms with van der Waals surface area (Å²) in [7, 11) is 0. The van der Waals surface area contributed by atoms with E-state index >= 15 is 0 Å². The van der Waals surface area contributed by atoms with Crippen LogP contribution in [0.2, 0.25) is 0 Å². The summed E-state index contributed by atoms with van der Waals surface area (Å²) in [4.78, 5) is 12.0. The highest BCUT2D eigenvalue weighted by molar-refractivity contribution is 5.87. The fourth-order valence-corrected chi connectivity index (χ4v) is 3.78. The summed E-state index contributed by atoms with van der Waals surface area (Å²) in [5, 5.41) is 3.37. The molecule has 4 aromatic rings. The largest absolute Gasteiger partial charge is 0.492 e. The minimum absolute atomic E-state index is 0.530. The van der Waals surface area contributed by atoms with E-state index in [1.165, 1.54) is 0 Å². The van der Waals surface area contributed by atoms with Crippen LogP contribution in [0, 0.1) is 0 Å². The van der Waals surface area contributed by atoms with E-state index in [0.29, 0.717) is 13.2 Å². The second-order valence-corrected chi connectivity index (χ2v) is 7.74. The Balaban J connectivity index is 1.27. The molecule has 0 unspecified atom stereocenters. The van der Waals surface area contributed by atoms with Crippen LogP contribution >= 0.6 is 0 Å². The van der Waals surface area contributed by atoms with Crippen molar-refractivity contribution in [1.29, 1.82) is 0 Å². The summed E-state index contributed by atoms with van der Waals surface area (Å²) in [6, 6.07) is 21.9. The number of hydrogen-bond acceptors (Lipinski definition) is 6. The van der Waals surface area contributed by atoms with Crippen LogP contribution in [-0.4, -0.2) is 54.2 Å². The molecule has 0 spiro atoms. The van der Waals surface area contributed by atoms with Gasteiger partial charge < -0.3 is 14.8 Å². The summed E-state index contributed by atoms with van der Waals surface area (Å²) >= 11 is 0. The van der Waals surface area contributed by atoms with Crippen LogP contribution in [0.4, 0.5) is 0 Å². The summed E-state index contributed by atoms with van der Waals surface area (Å²) in [5.74, 6) is 1.62. The van der Waals surface area contributed by atoms with E-state index in [-0.39, 0.29) is 0 Å². The topological polar surface area (TPSA) is 59.5 Å². The molecule has 1 aromatic heterocycles. The third-order valence-corrected chi connectivity index (χ3v) is 5.51. The Morgan fingerprint density at radius 1 is 0.742 bits per heavy atom. The molecule has 5 rings (SSSR count). The third-order valence-electron chi connectivity index (χ3n) is 5.51. The molecule has 1 N–H and O–H groups in total. The van der Waals surface area contributed by atoms with Crippen LogP contribution in [-0.2, 0) is 6.61 Å². The van der Waals surface area contributed by atoms with Gasteiger partial charge >= 0.3 is 0 Å². The van der Waals surface area contributed by atoms with Crippen molar-refractivity contribution in [3.8, 4) is 11.5 Å². The van der Waals surface area contributed by atoms with Gasteiger partial charge in [-0.2, -0.15) is 0 Å². The van der Waals surface area contributed by atoms with E-state index < -0.39 is 0 Å². The fourth-order valence-electron chi connectivity index (χ4n) is 3.78. The molecule has 2 heterocycles. The lowest BCUT2D eigenvalue weighted by Crippen LogP contribution is -2.44. The zero-order valence-electron chi connectivity index (χ0n) is 17.5. The van der Waals surface area contributed by atoms with E-state index in [2.05, 4.69) is 22.3 Å². The first-order valence-electron chi connectivity index (χ1n) is 10.8. The lowest BCUT2D eigenvalue weighted by molar-refractivity contribution is 0.191. The zero-order valence-corrected chi connectivity index (χ0v) is 17.5. The van der Waals surface area contributed by atoms with Crippen LogP contribution in [0.3, 0.4) is 0 Å². The molecule has 1 saturated heterocycles. The number of fused-ring (bicyclic) bond motifs is 2. The van der Waals surface area contributed by atoms with E-state index in [0.717, 1.165) is 71.9 Å². The Morgan fingerprint density at radius 3 is 2.06 bits per heavy atom. The monoisotopic (exact) mass is 414 g/mol. The van der Waals surface area contributed by atoms with Crippen molar-refractivity contribution in [2.75, 3.05) is 39.3 Å². The Morgan fingerprint density at radius 2 is 1.39 bits per heavy atom. The minimum atomic E-state index is 0.530. The number of benzene rings is 3.